The molecule has 2 aliphatic heterocycles. The van der Waals surface area contributed by atoms with Gasteiger partial charge in [-0.15, -0.1) is 0 Å². The topological polar surface area (TPSA) is 76.0 Å². The Morgan fingerprint density at radius 3 is 3.17 bits per heavy atom. The summed E-state index contributed by atoms with van der Waals surface area (Å²) in [6, 6.07) is 7.65. The molecule has 0 bridgehead atoms. The number of carbonyl (C=O) groups is 2. The van der Waals surface area contributed by atoms with E-state index in [9.17, 15) is 9.59 Å². The van der Waals surface area contributed by atoms with Crippen LogP contribution in [0.15, 0.2) is 36.7 Å². The summed E-state index contributed by atoms with van der Waals surface area (Å²) < 4.78 is 2.08. The smallest absolute Gasteiger partial charge is 0.232 e. The molecule has 6 nitrogen and oxygen atoms in total. The summed E-state index contributed by atoms with van der Waals surface area (Å²) in [5.41, 5.74) is 1.73. The second-order valence-corrected chi connectivity index (χ2v) is 6.13. The van der Waals surface area contributed by atoms with Gasteiger partial charge in [0.15, 0.2) is 0 Å². The van der Waals surface area contributed by atoms with Crippen molar-refractivity contribution in [2.75, 3.05) is 5.32 Å². The van der Waals surface area contributed by atoms with E-state index in [4.69, 9.17) is 0 Å². The first-order valence-corrected chi connectivity index (χ1v) is 7.90. The fraction of sp³-hybridized carbons (Fsp3) is 0.353. The van der Waals surface area contributed by atoms with E-state index < -0.39 is 5.92 Å². The summed E-state index contributed by atoms with van der Waals surface area (Å²) in [5.74, 6) is 0.510. The minimum absolute atomic E-state index is 0.0737. The van der Waals surface area contributed by atoms with E-state index in [0.717, 1.165) is 36.5 Å². The van der Waals surface area contributed by atoms with Gasteiger partial charge >= 0.3 is 0 Å². The van der Waals surface area contributed by atoms with Crippen LogP contribution in [0.4, 0.5) is 5.69 Å². The van der Waals surface area contributed by atoms with Crippen LogP contribution in [-0.4, -0.2) is 27.4 Å². The van der Waals surface area contributed by atoms with E-state index >= 15 is 0 Å². The van der Waals surface area contributed by atoms with Crippen LogP contribution in [0.25, 0.3) is 0 Å². The van der Waals surface area contributed by atoms with Crippen LogP contribution in [0.1, 0.15) is 30.1 Å². The molecule has 1 aromatic heterocycles. The van der Waals surface area contributed by atoms with Gasteiger partial charge in [-0.1, -0.05) is 18.2 Å². The van der Waals surface area contributed by atoms with Crippen LogP contribution in [0.2, 0.25) is 0 Å². The second kappa shape index (κ2) is 5.53. The molecule has 0 fully saturated rings. The van der Waals surface area contributed by atoms with E-state index in [1.54, 1.807) is 6.20 Å². The van der Waals surface area contributed by atoms with Gasteiger partial charge in [0.05, 0.1) is 5.92 Å². The predicted molar refractivity (Wildman–Crippen MR) is 84.9 cm³/mol. The molecule has 0 saturated carbocycles. The zero-order chi connectivity index (χ0) is 15.8. The highest BCUT2D eigenvalue weighted by molar-refractivity contribution is 6.04. The quantitative estimate of drug-likeness (QED) is 0.900. The second-order valence-electron chi connectivity index (χ2n) is 6.13. The molecule has 3 heterocycles. The number of amides is 2. The number of nitrogens with zero attached hydrogens (tertiary/aromatic N) is 2. The SMILES string of the molecule is O=C(C[C@H]1C(=O)Nc2ccccc21)N[C@H]1CCc2nccn2C1. The number of aryl methyl sites for hydroxylation is 1. The highest BCUT2D eigenvalue weighted by atomic mass is 16.2. The van der Waals surface area contributed by atoms with Crippen molar-refractivity contribution < 1.29 is 9.59 Å². The van der Waals surface area contributed by atoms with Crippen molar-refractivity contribution in [1.82, 2.24) is 14.9 Å². The standard InChI is InChI=1S/C17H18N4O2/c22-16(19-11-5-6-15-18-7-8-21(15)10-11)9-13-12-3-1-2-4-14(12)20-17(13)23/h1-4,7-8,11,13H,5-6,9-10H2,(H,19,22)(H,20,23)/t11-,13+/m0/s1. The van der Waals surface area contributed by atoms with Crippen molar-refractivity contribution in [2.24, 2.45) is 0 Å². The Labute approximate surface area is 133 Å². The maximum Gasteiger partial charge on any atom is 0.232 e. The van der Waals surface area contributed by atoms with Gasteiger partial charge < -0.3 is 15.2 Å². The molecule has 0 saturated heterocycles. The summed E-state index contributed by atoms with van der Waals surface area (Å²) in [6.07, 6.45) is 5.67. The van der Waals surface area contributed by atoms with Gasteiger partial charge in [-0.2, -0.15) is 0 Å². The molecule has 6 heteroatoms. The van der Waals surface area contributed by atoms with Crippen molar-refractivity contribution in [3.63, 3.8) is 0 Å². The number of rotatable bonds is 3. The molecule has 0 aliphatic carbocycles. The van der Waals surface area contributed by atoms with Crippen molar-refractivity contribution >= 4 is 17.5 Å². The largest absolute Gasteiger partial charge is 0.352 e. The van der Waals surface area contributed by atoms with Crippen LogP contribution in [0.5, 0.6) is 0 Å². The van der Waals surface area contributed by atoms with Crippen LogP contribution >= 0.6 is 0 Å². The lowest BCUT2D eigenvalue weighted by molar-refractivity contribution is -0.125. The average molecular weight is 310 g/mol. The number of anilines is 1. The normalized spacial score (nSPS) is 22.2. The first-order chi connectivity index (χ1) is 11.2. The lowest BCUT2D eigenvalue weighted by Crippen LogP contribution is -2.41. The fourth-order valence-electron chi connectivity index (χ4n) is 3.43. The van der Waals surface area contributed by atoms with Gasteiger partial charge in [-0.05, 0) is 18.1 Å². The first-order valence-electron chi connectivity index (χ1n) is 7.90. The Morgan fingerprint density at radius 1 is 1.39 bits per heavy atom. The molecule has 118 valence electrons. The molecule has 2 aliphatic rings. The lowest BCUT2D eigenvalue weighted by atomic mass is 9.96. The van der Waals surface area contributed by atoms with Crippen molar-refractivity contribution in [2.45, 2.75) is 37.8 Å². The summed E-state index contributed by atoms with van der Waals surface area (Å²) in [5, 5.41) is 5.89. The molecule has 1 aromatic carbocycles. The molecular formula is C17H18N4O2. The number of nitrogens with one attached hydrogen (secondary N) is 2. The molecule has 0 spiro atoms. The van der Waals surface area contributed by atoms with E-state index in [1.807, 2.05) is 30.5 Å². The van der Waals surface area contributed by atoms with E-state index in [0.29, 0.717) is 0 Å². The lowest BCUT2D eigenvalue weighted by Gasteiger charge is -2.25. The molecule has 2 amide bonds. The van der Waals surface area contributed by atoms with Crippen molar-refractivity contribution in [3.8, 4) is 0 Å². The molecule has 0 unspecified atom stereocenters. The van der Waals surface area contributed by atoms with E-state index in [-0.39, 0.29) is 24.3 Å². The maximum absolute atomic E-state index is 12.4. The van der Waals surface area contributed by atoms with Crippen LogP contribution in [0, 0.1) is 0 Å². The van der Waals surface area contributed by atoms with Gasteiger partial charge in [0.1, 0.15) is 5.82 Å². The predicted octanol–water partition coefficient (Wildman–Crippen LogP) is 1.44. The Balaban J connectivity index is 1.40. The Bertz CT molecular complexity index is 767. The molecule has 2 atom stereocenters. The van der Waals surface area contributed by atoms with E-state index in [2.05, 4.69) is 20.2 Å². The molecule has 2 aromatic rings. The third-order valence-corrected chi connectivity index (χ3v) is 4.60. The summed E-state index contributed by atoms with van der Waals surface area (Å²) in [4.78, 5) is 28.7. The summed E-state index contributed by atoms with van der Waals surface area (Å²) in [7, 11) is 0. The number of imidazole rings is 1. The van der Waals surface area contributed by atoms with Gasteiger partial charge in [-0.3, -0.25) is 9.59 Å². The zero-order valence-corrected chi connectivity index (χ0v) is 12.7. The minimum atomic E-state index is -0.390. The average Bonchev–Trinajstić information content (AvgIpc) is 3.12. The first kappa shape index (κ1) is 14.0. The van der Waals surface area contributed by atoms with Crippen LogP contribution in [0.3, 0.4) is 0 Å². The van der Waals surface area contributed by atoms with Gasteiger partial charge in [0, 0.05) is 43.5 Å². The number of carbonyl (C=O) groups excluding carboxylic acids is 2. The van der Waals surface area contributed by atoms with Crippen molar-refractivity contribution in [1.29, 1.82) is 0 Å². The molecule has 0 radical (unpaired) electrons. The van der Waals surface area contributed by atoms with Gasteiger partial charge in [-0.25, -0.2) is 4.98 Å². The molecular weight excluding hydrogens is 292 g/mol. The Hall–Kier alpha value is -2.63. The number of fused-ring (bicyclic) bond motifs is 2. The Kier molecular flexibility index (Phi) is 3.37. The summed E-state index contributed by atoms with van der Waals surface area (Å²) in [6.45, 7) is 0.745. The highest BCUT2D eigenvalue weighted by Gasteiger charge is 2.32. The number of hydrogen-bond donors (Lipinski definition) is 2. The van der Waals surface area contributed by atoms with Crippen LogP contribution in [-0.2, 0) is 22.6 Å². The van der Waals surface area contributed by atoms with Crippen molar-refractivity contribution in [3.05, 3.63) is 48.0 Å². The molecule has 23 heavy (non-hydrogen) atoms. The molecule has 2 N–H and O–H groups in total. The van der Waals surface area contributed by atoms with E-state index in [1.165, 1.54) is 0 Å². The Morgan fingerprint density at radius 2 is 2.26 bits per heavy atom. The number of aromatic nitrogens is 2. The maximum atomic E-state index is 12.4. The number of para-hydroxylation sites is 1. The van der Waals surface area contributed by atoms with Gasteiger partial charge in [0.2, 0.25) is 11.8 Å². The third kappa shape index (κ3) is 2.60. The van der Waals surface area contributed by atoms with Crippen LogP contribution < -0.4 is 10.6 Å². The zero-order valence-electron chi connectivity index (χ0n) is 12.7. The monoisotopic (exact) mass is 310 g/mol. The minimum Gasteiger partial charge on any atom is -0.352 e. The third-order valence-electron chi connectivity index (χ3n) is 4.60. The molecule has 4 rings (SSSR count). The number of hydrogen-bond acceptors (Lipinski definition) is 3. The number of benzene rings is 1. The summed E-state index contributed by atoms with van der Waals surface area (Å²) >= 11 is 0. The van der Waals surface area contributed by atoms with Gasteiger partial charge in [0.25, 0.3) is 0 Å². The fourth-order valence-corrected chi connectivity index (χ4v) is 3.43. The highest BCUT2D eigenvalue weighted by Crippen LogP contribution is 2.34.